The Bertz CT molecular complexity index is 638. The Morgan fingerprint density at radius 2 is 1.79 bits per heavy atom. The average molecular weight is 403 g/mol. The molecule has 8 unspecified atom stereocenters. The van der Waals surface area contributed by atoms with Crippen LogP contribution in [0.4, 0.5) is 0 Å². The van der Waals surface area contributed by atoms with E-state index < -0.39 is 5.60 Å². The Morgan fingerprint density at radius 3 is 2.52 bits per heavy atom. The van der Waals surface area contributed by atoms with Crippen molar-refractivity contribution in [1.29, 1.82) is 0 Å². The topological polar surface area (TPSA) is 40.5 Å². The first-order valence-corrected chi connectivity index (χ1v) is 12.7. The van der Waals surface area contributed by atoms with Gasteiger partial charge < -0.3 is 10.2 Å². The molecule has 2 N–H and O–H groups in total. The lowest BCUT2D eigenvalue weighted by Crippen LogP contribution is -2.61. The highest BCUT2D eigenvalue weighted by atomic mass is 16.3. The standard InChI is InChI=1S/C27H46O2/c1-18(2)7-6-8-19(3)22-11-12-23-24-10-9-20-17-21(28)13-14-26(20,5)27(24,29)16-15-25(22,23)4/h10,18-23,28-29H,6-9,11-17H2,1-5H3. The third-order valence-electron chi connectivity index (χ3n) is 10.4. The number of hydrogen-bond donors (Lipinski definition) is 2. The Morgan fingerprint density at radius 1 is 1.03 bits per heavy atom. The van der Waals surface area contributed by atoms with Crippen molar-refractivity contribution in [3.05, 3.63) is 11.6 Å². The van der Waals surface area contributed by atoms with Crippen LogP contribution in [0.3, 0.4) is 0 Å². The van der Waals surface area contributed by atoms with Gasteiger partial charge in [0.15, 0.2) is 0 Å². The average Bonchev–Trinajstić information content (AvgIpc) is 3.00. The number of aliphatic hydroxyl groups is 2. The van der Waals surface area contributed by atoms with Crippen LogP contribution in [0.5, 0.6) is 0 Å². The number of rotatable bonds is 5. The van der Waals surface area contributed by atoms with Gasteiger partial charge in [0.05, 0.1) is 11.7 Å². The van der Waals surface area contributed by atoms with E-state index in [9.17, 15) is 10.2 Å². The van der Waals surface area contributed by atoms with E-state index in [2.05, 4.69) is 40.7 Å². The zero-order valence-corrected chi connectivity index (χ0v) is 19.7. The molecule has 0 bridgehead atoms. The summed E-state index contributed by atoms with van der Waals surface area (Å²) in [7, 11) is 0. The lowest BCUT2D eigenvalue weighted by atomic mass is 9.45. The monoisotopic (exact) mass is 402 g/mol. The molecule has 0 radical (unpaired) electrons. The Balaban J connectivity index is 1.55. The lowest BCUT2D eigenvalue weighted by molar-refractivity contribution is -0.154. The van der Waals surface area contributed by atoms with E-state index >= 15 is 0 Å². The molecule has 4 rings (SSSR count). The molecule has 2 nitrogen and oxygen atoms in total. The first-order valence-electron chi connectivity index (χ1n) is 12.7. The fourth-order valence-corrected chi connectivity index (χ4v) is 8.47. The van der Waals surface area contributed by atoms with Crippen molar-refractivity contribution in [3.63, 3.8) is 0 Å². The van der Waals surface area contributed by atoms with Crippen LogP contribution in [0.25, 0.3) is 0 Å². The largest absolute Gasteiger partial charge is 0.393 e. The summed E-state index contributed by atoms with van der Waals surface area (Å²) >= 11 is 0. The van der Waals surface area contributed by atoms with E-state index in [0.29, 0.717) is 17.3 Å². The van der Waals surface area contributed by atoms with E-state index in [4.69, 9.17) is 0 Å². The minimum Gasteiger partial charge on any atom is -0.393 e. The molecule has 0 aromatic rings. The van der Waals surface area contributed by atoms with Gasteiger partial charge in [0.1, 0.15) is 0 Å². The minimum atomic E-state index is -0.629. The van der Waals surface area contributed by atoms with Gasteiger partial charge in [-0.3, -0.25) is 0 Å². The van der Waals surface area contributed by atoms with Crippen LogP contribution in [0.1, 0.15) is 105 Å². The van der Waals surface area contributed by atoms with Crippen molar-refractivity contribution in [2.45, 2.75) is 117 Å². The fraction of sp³-hybridized carbons (Fsp3) is 0.926. The first-order chi connectivity index (χ1) is 13.6. The second kappa shape index (κ2) is 7.66. The van der Waals surface area contributed by atoms with E-state index in [1.54, 1.807) is 0 Å². The van der Waals surface area contributed by atoms with Gasteiger partial charge in [-0.1, -0.05) is 60.0 Å². The summed E-state index contributed by atoms with van der Waals surface area (Å²) in [5.41, 5.74) is 1.11. The minimum absolute atomic E-state index is 0.0430. The van der Waals surface area contributed by atoms with Crippen LogP contribution in [0.15, 0.2) is 11.6 Å². The van der Waals surface area contributed by atoms with Gasteiger partial charge in [-0.05, 0) is 91.9 Å². The van der Waals surface area contributed by atoms with Crippen molar-refractivity contribution in [2.24, 2.45) is 40.4 Å². The summed E-state index contributed by atoms with van der Waals surface area (Å²) < 4.78 is 0. The lowest BCUT2D eigenvalue weighted by Gasteiger charge is -2.62. The molecule has 0 saturated heterocycles. The molecule has 0 aromatic heterocycles. The van der Waals surface area contributed by atoms with E-state index in [0.717, 1.165) is 49.9 Å². The van der Waals surface area contributed by atoms with Crippen LogP contribution in [0, 0.1) is 40.4 Å². The Kier molecular flexibility index (Phi) is 5.78. The maximum absolute atomic E-state index is 12.2. The highest BCUT2D eigenvalue weighted by molar-refractivity contribution is 5.35. The predicted molar refractivity (Wildman–Crippen MR) is 121 cm³/mol. The maximum atomic E-state index is 12.2. The molecule has 0 aliphatic heterocycles. The van der Waals surface area contributed by atoms with Gasteiger partial charge in [-0.15, -0.1) is 0 Å². The number of fused-ring (bicyclic) bond motifs is 5. The molecule has 4 aliphatic carbocycles. The predicted octanol–water partition coefficient (Wildman–Crippen LogP) is 6.50. The third kappa shape index (κ3) is 3.36. The quantitative estimate of drug-likeness (QED) is 0.515. The summed E-state index contributed by atoms with van der Waals surface area (Å²) in [6.07, 6.45) is 14.9. The van der Waals surface area contributed by atoms with E-state index in [1.165, 1.54) is 44.1 Å². The van der Waals surface area contributed by atoms with Crippen molar-refractivity contribution in [1.82, 2.24) is 0 Å². The molecular formula is C27H46O2. The molecular weight excluding hydrogens is 356 g/mol. The summed E-state index contributed by atoms with van der Waals surface area (Å²) in [5, 5.41) is 22.4. The zero-order valence-electron chi connectivity index (χ0n) is 19.7. The summed E-state index contributed by atoms with van der Waals surface area (Å²) in [6, 6.07) is 0. The molecule has 29 heavy (non-hydrogen) atoms. The third-order valence-corrected chi connectivity index (χ3v) is 10.4. The van der Waals surface area contributed by atoms with Crippen molar-refractivity contribution >= 4 is 0 Å². The van der Waals surface area contributed by atoms with Crippen LogP contribution < -0.4 is 0 Å². The molecule has 3 saturated carbocycles. The van der Waals surface area contributed by atoms with E-state index in [-0.39, 0.29) is 11.5 Å². The van der Waals surface area contributed by atoms with Gasteiger partial charge >= 0.3 is 0 Å². The molecule has 0 amide bonds. The molecule has 8 atom stereocenters. The van der Waals surface area contributed by atoms with Gasteiger partial charge in [0.2, 0.25) is 0 Å². The smallest absolute Gasteiger partial charge is 0.0915 e. The number of hydrogen-bond acceptors (Lipinski definition) is 2. The maximum Gasteiger partial charge on any atom is 0.0915 e. The van der Waals surface area contributed by atoms with Gasteiger partial charge in [0.25, 0.3) is 0 Å². The molecule has 0 aromatic carbocycles. The zero-order chi connectivity index (χ0) is 21.0. The molecule has 4 aliphatic rings. The van der Waals surface area contributed by atoms with E-state index in [1.807, 2.05) is 0 Å². The first kappa shape index (κ1) is 21.9. The van der Waals surface area contributed by atoms with Crippen LogP contribution in [-0.2, 0) is 0 Å². The van der Waals surface area contributed by atoms with Crippen LogP contribution >= 0.6 is 0 Å². The highest BCUT2D eigenvalue weighted by Crippen LogP contribution is 2.68. The molecule has 3 fully saturated rings. The Labute approximate surface area is 179 Å². The van der Waals surface area contributed by atoms with Crippen molar-refractivity contribution in [3.8, 4) is 0 Å². The summed E-state index contributed by atoms with van der Waals surface area (Å²) in [4.78, 5) is 0. The fourth-order valence-electron chi connectivity index (χ4n) is 8.47. The highest BCUT2D eigenvalue weighted by Gasteiger charge is 2.64. The van der Waals surface area contributed by atoms with Crippen molar-refractivity contribution < 1.29 is 10.2 Å². The molecule has 2 heteroatoms. The molecule has 0 heterocycles. The molecule has 0 spiro atoms. The normalized spacial score (nSPS) is 47.9. The number of allylic oxidation sites excluding steroid dienone is 1. The van der Waals surface area contributed by atoms with Gasteiger partial charge in [-0.25, -0.2) is 0 Å². The number of aliphatic hydroxyl groups excluding tert-OH is 1. The summed E-state index contributed by atoms with van der Waals surface area (Å²) in [6.45, 7) is 12.1. The van der Waals surface area contributed by atoms with Crippen LogP contribution in [0.2, 0.25) is 0 Å². The SMILES string of the molecule is CC(C)CCCC(C)C1CCC2C3=CCC4CC(O)CCC4(C)C3(O)CCC21C. The van der Waals surface area contributed by atoms with Gasteiger partial charge in [-0.2, -0.15) is 0 Å². The van der Waals surface area contributed by atoms with Crippen LogP contribution in [-0.4, -0.2) is 21.9 Å². The molecule has 166 valence electrons. The van der Waals surface area contributed by atoms with Crippen molar-refractivity contribution in [2.75, 3.05) is 0 Å². The summed E-state index contributed by atoms with van der Waals surface area (Å²) in [5.74, 6) is 3.44. The second-order valence-corrected chi connectivity index (χ2v) is 12.3. The van der Waals surface area contributed by atoms with Gasteiger partial charge in [0, 0.05) is 5.41 Å². The Hall–Kier alpha value is -0.340. The second-order valence-electron chi connectivity index (χ2n) is 12.3.